The maximum Gasteiger partial charge on any atom is 0.387 e. The first-order chi connectivity index (χ1) is 12.9. The number of carbonyl (C=O) groups excluding carboxylic acids is 1. The topological polar surface area (TPSA) is 93.6 Å². The first-order valence-electron chi connectivity index (χ1n) is 8.31. The number of nitrogens with zero attached hydrogens (tertiary/aromatic N) is 3. The smallest absolute Gasteiger partial charge is 0.387 e. The van der Waals surface area contributed by atoms with Gasteiger partial charge in [-0.05, 0) is 32.4 Å². The number of amides is 1. The lowest BCUT2D eigenvalue weighted by Crippen LogP contribution is -2.37. The van der Waals surface area contributed by atoms with Crippen LogP contribution in [0.3, 0.4) is 0 Å². The van der Waals surface area contributed by atoms with E-state index in [1.165, 1.54) is 12.1 Å². The molecule has 0 aliphatic carbocycles. The number of anilines is 2. The molecule has 2 aromatic heterocycles. The number of carbonyl (C=O) groups is 1. The number of oxazole rings is 1. The number of aryl methyl sites for hydroxylation is 2. The summed E-state index contributed by atoms with van der Waals surface area (Å²) in [4.78, 5) is 18.9. The van der Waals surface area contributed by atoms with Crippen LogP contribution in [0.2, 0.25) is 0 Å². The number of rotatable bonds is 5. The lowest BCUT2D eigenvalue weighted by molar-refractivity contribution is -0.0489. The van der Waals surface area contributed by atoms with Gasteiger partial charge in [0.25, 0.3) is 11.9 Å². The normalized spacial score (nSPS) is 13.9. The number of fused-ring (bicyclic) bond motifs is 1. The predicted octanol–water partition coefficient (Wildman–Crippen LogP) is 3.50. The van der Waals surface area contributed by atoms with E-state index in [2.05, 4.69) is 20.2 Å². The van der Waals surface area contributed by atoms with Gasteiger partial charge in [0.2, 0.25) is 0 Å². The monoisotopic (exact) mass is 378 g/mol. The molecular formula is C17H16F2N4O4. The number of halogens is 2. The summed E-state index contributed by atoms with van der Waals surface area (Å²) in [5, 5.41) is 6.49. The Morgan fingerprint density at radius 2 is 2.11 bits per heavy atom. The van der Waals surface area contributed by atoms with Gasteiger partial charge in [0.05, 0.1) is 5.56 Å². The number of hydrogen-bond acceptors (Lipinski definition) is 7. The van der Waals surface area contributed by atoms with Crippen LogP contribution in [-0.2, 0) is 0 Å². The van der Waals surface area contributed by atoms with Crippen LogP contribution in [0.5, 0.6) is 5.75 Å². The third-order valence-corrected chi connectivity index (χ3v) is 4.35. The van der Waals surface area contributed by atoms with E-state index in [-0.39, 0.29) is 28.4 Å². The molecule has 1 saturated heterocycles. The van der Waals surface area contributed by atoms with Crippen molar-refractivity contribution in [3.8, 4) is 5.75 Å². The van der Waals surface area contributed by atoms with Crippen LogP contribution in [0.15, 0.2) is 21.1 Å². The van der Waals surface area contributed by atoms with Crippen molar-refractivity contribution in [2.45, 2.75) is 26.9 Å². The van der Waals surface area contributed by atoms with E-state index >= 15 is 0 Å². The van der Waals surface area contributed by atoms with Crippen molar-refractivity contribution >= 4 is 28.7 Å². The van der Waals surface area contributed by atoms with Gasteiger partial charge in [0.15, 0.2) is 22.6 Å². The van der Waals surface area contributed by atoms with Crippen molar-refractivity contribution in [2.24, 2.45) is 0 Å². The van der Waals surface area contributed by atoms with Gasteiger partial charge in [-0.1, -0.05) is 5.16 Å². The average Bonchev–Trinajstić information content (AvgIpc) is 3.12. The Hall–Kier alpha value is -3.17. The second-order valence-electron chi connectivity index (χ2n) is 6.16. The first-order valence-corrected chi connectivity index (χ1v) is 8.31. The molecule has 0 atom stereocenters. The molecule has 0 bridgehead atoms. The van der Waals surface area contributed by atoms with E-state index in [1.54, 1.807) is 13.8 Å². The standard InChI is InChI=1S/C17H16F2N4O4/c1-8-12(9(2)27-22-8)20-15(24)10-4-5-11(25-16(18)19)13-14(10)26-17(21-13)23-6-3-7-23/h4-5,16H,3,6-7H2,1-2H3,(H,20,24). The second-order valence-corrected chi connectivity index (χ2v) is 6.16. The predicted molar refractivity (Wildman–Crippen MR) is 91.4 cm³/mol. The zero-order valence-electron chi connectivity index (χ0n) is 14.6. The van der Waals surface area contributed by atoms with Crippen molar-refractivity contribution in [3.63, 3.8) is 0 Å². The molecule has 4 rings (SSSR count). The summed E-state index contributed by atoms with van der Waals surface area (Å²) in [7, 11) is 0. The van der Waals surface area contributed by atoms with E-state index in [0.29, 0.717) is 17.1 Å². The van der Waals surface area contributed by atoms with Gasteiger partial charge in [-0.2, -0.15) is 13.8 Å². The fourth-order valence-electron chi connectivity index (χ4n) is 2.83. The first kappa shape index (κ1) is 17.3. The molecular weight excluding hydrogens is 362 g/mol. The van der Waals surface area contributed by atoms with Gasteiger partial charge in [-0.25, -0.2) is 0 Å². The third-order valence-electron chi connectivity index (χ3n) is 4.35. The summed E-state index contributed by atoms with van der Waals surface area (Å²) >= 11 is 0. The van der Waals surface area contributed by atoms with E-state index in [1.807, 2.05) is 4.90 Å². The molecule has 1 aliphatic rings. The van der Waals surface area contributed by atoms with Crippen molar-refractivity contribution in [1.82, 2.24) is 10.1 Å². The Balaban J connectivity index is 1.75. The molecule has 0 spiro atoms. The van der Waals surface area contributed by atoms with Crippen LogP contribution >= 0.6 is 0 Å². The number of nitrogens with one attached hydrogen (secondary N) is 1. The highest BCUT2D eigenvalue weighted by Crippen LogP contribution is 2.34. The number of hydrogen-bond donors (Lipinski definition) is 1. The molecule has 27 heavy (non-hydrogen) atoms. The SMILES string of the molecule is Cc1noc(C)c1NC(=O)c1ccc(OC(F)F)c2nc(N3CCC3)oc12. The van der Waals surface area contributed by atoms with Crippen LogP contribution in [0, 0.1) is 13.8 Å². The molecule has 1 fully saturated rings. The summed E-state index contributed by atoms with van der Waals surface area (Å²) in [6.45, 7) is 1.84. The molecule has 1 aromatic carbocycles. The minimum atomic E-state index is -3.01. The molecule has 0 unspecified atom stereocenters. The van der Waals surface area contributed by atoms with Crippen molar-refractivity contribution in [2.75, 3.05) is 23.3 Å². The van der Waals surface area contributed by atoms with E-state index < -0.39 is 12.5 Å². The van der Waals surface area contributed by atoms with Crippen LogP contribution in [0.25, 0.3) is 11.1 Å². The minimum absolute atomic E-state index is 0.0728. The van der Waals surface area contributed by atoms with Crippen molar-refractivity contribution in [1.29, 1.82) is 0 Å². The van der Waals surface area contributed by atoms with Gasteiger partial charge in [-0.15, -0.1) is 0 Å². The molecule has 1 aliphatic heterocycles. The third kappa shape index (κ3) is 3.07. The highest BCUT2D eigenvalue weighted by Gasteiger charge is 2.26. The lowest BCUT2D eigenvalue weighted by atomic mass is 10.1. The lowest BCUT2D eigenvalue weighted by Gasteiger charge is -2.28. The highest BCUT2D eigenvalue weighted by molar-refractivity contribution is 6.12. The molecule has 0 radical (unpaired) electrons. The Morgan fingerprint density at radius 1 is 1.33 bits per heavy atom. The van der Waals surface area contributed by atoms with Crippen LogP contribution < -0.4 is 15.0 Å². The molecule has 3 heterocycles. The zero-order valence-corrected chi connectivity index (χ0v) is 14.6. The van der Waals surface area contributed by atoms with Gasteiger partial charge in [0, 0.05) is 13.1 Å². The van der Waals surface area contributed by atoms with E-state index in [9.17, 15) is 13.6 Å². The van der Waals surface area contributed by atoms with Crippen LogP contribution in [-0.4, -0.2) is 35.7 Å². The molecule has 8 nitrogen and oxygen atoms in total. The maximum atomic E-state index is 12.8. The molecule has 1 N–H and O–H groups in total. The minimum Gasteiger partial charge on any atom is -0.432 e. The average molecular weight is 378 g/mol. The molecule has 1 amide bonds. The van der Waals surface area contributed by atoms with Crippen molar-refractivity contribution in [3.05, 3.63) is 29.2 Å². The molecule has 142 valence electrons. The summed E-state index contributed by atoms with van der Waals surface area (Å²) in [6.07, 6.45) is 0.985. The second kappa shape index (κ2) is 6.53. The Kier molecular flexibility index (Phi) is 4.17. The number of ether oxygens (including phenoxy) is 1. The molecule has 3 aromatic rings. The van der Waals surface area contributed by atoms with Crippen LogP contribution in [0.1, 0.15) is 28.2 Å². The maximum absolute atomic E-state index is 12.8. The summed E-state index contributed by atoms with van der Waals surface area (Å²) in [6, 6.07) is 2.91. The summed E-state index contributed by atoms with van der Waals surface area (Å²) in [5.41, 5.74) is 1.27. The van der Waals surface area contributed by atoms with E-state index in [0.717, 1.165) is 19.5 Å². The Labute approximate surface area is 152 Å². The fourth-order valence-corrected chi connectivity index (χ4v) is 2.83. The van der Waals surface area contributed by atoms with Gasteiger partial charge in [0.1, 0.15) is 11.4 Å². The summed E-state index contributed by atoms with van der Waals surface area (Å²) < 4.78 is 40.7. The van der Waals surface area contributed by atoms with Gasteiger partial charge in [-0.3, -0.25) is 4.79 Å². The largest absolute Gasteiger partial charge is 0.432 e. The molecule has 10 heteroatoms. The van der Waals surface area contributed by atoms with Gasteiger partial charge < -0.3 is 23.9 Å². The number of benzene rings is 1. The van der Waals surface area contributed by atoms with Crippen molar-refractivity contribution < 1.29 is 27.3 Å². The number of aromatic nitrogens is 2. The zero-order chi connectivity index (χ0) is 19.1. The summed E-state index contributed by atoms with van der Waals surface area (Å²) in [5.74, 6) is -0.192. The van der Waals surface area contributed by atoms with Gasteiger partial charge >= 0.3 is 6.61 Å². The Bertz CT molecular complexity index is 990. The Morgan fingerprint density at radius 3 is 2.70 bits per heavy atom. The quantitative estimate of drug-likeness (QED) is 0.726. The number of alkyl halides is 2. The van der Waals surface area contributed by atoms with E-state index in [4.69, 9.17) is 8.94 Å². The molecule has 0 saturated carbocycles. The van der Waals surface area contributed by atoms with Crippen LogP contribution in [0.4, 0.5) is 20.5 Å². The fraction of sp³-hybridized carbons (Fsp3) is 0.353. The highest BCUT2D eigenvalue weighted by atomic mass is 19.3.